The lowest BCUT2D eigenvalue weighted by Crippen LogP contribution is -2.16. The third kappa shape index (κ3) is 3.51. The Kier molecular flexibility index (Phi) is 4.55. The van der Waals surface area contributed by atoms with Crippen LogP contribution < -0.4 is 0 Å². The van der Waals surface area contributed by atoms with Crippen LogP contribution in [0.15, 0.2) is 24.3 Å². The monoisotopic (exact) mass is 230 g/mol. The average Bonchev–Trinajstić information content (AvgIpc) is 2.24. The topological polar surface area (TPSA) is 55.8 Å². The SMILES string of the molecule is COCOC(=O)[C@H](O)c1cccc(Cl)c1. The zero-order valence-corrected chi connectivity index (χ0v) is 8.90. The van der Waals surface area contributed by atoms with Gasteiger partial charge in [-0.1, -0.05) is 23.7 Å². The highest BCUT2D eigenvalue weighted by molar-refractivity contribution is 6.30. The van der Waals surface area contributed by atoms with Crippen LogP contribution in [-0.4, -0.2) is 25.0 Å². The molecule has 0 spiro atoms. The Labute approximate surface area is 92.4 Å². The fraction of sp³-hybridized carbons (Fsp3) is 0.300. The minimum Gasteiger partial charge on any atom is -0.436 e. The molecule has 4 nitrogen and oxygen atoms in total. The van der Waals surface area contributed by atoms with E-state index in [9.17, 15) is 9.90 Å². The molecule has 1 rings (SSSR count). The van der Waals surface area contributed by atoms with Crippen molar-refractivity contribution < 1.29 is 19.4 Å². The largest absolute Gasteiger partial charge is 0.436 e. The highest BCUT2D eigenvalue weighted by Crippen LogP contribution is 2.18. The molecule has 1 N–H and O–H groups in total. The van der Waals surface area contributed by atoms with Crippen molar-refractivity contribution >= 4 is 17.6 Å². The third-order valence-corrected chi connectivity index (χ3v) is 1.94. The van der Waals surface area contributed by atoms with Gasteiger partial charge in [-0.25, -0.2) is 4.79 Å². The normalized spacial score (nSPS) is 12.2. The van der Waals surface area contributed by atoms with Crippen molar-refractivity contribution in [3.05, 3.63) is 34.9 Å². The van der Waals surface area contributed by atoms with Gasteiger partial charge in [0.15, 0.2) is 12.9 Å². The number of halogens is 1. The van der Waals surface area contributed by atoms with E-state index in [0.29, 0.717) is 10.6 Å². The molecule has 0 saturated carbocycles. The second kappa shape index (κ2) is 5.70. The first-order chi connectivity index (χ1) is 7.15. The molecule has 0 fully saturated rings. The van der Waals surface area contributed by atoms with Crippen LogP contribution in [0.4, 0.5) is 0 Å². The predicted octanol–water partition coefficient (Wildman–Crippen LogP) is 1.52. The van der Waals surface area contributed by atoms with E-state index in [0.717, 1.165) is 0 Å². The Morgan fingerprint density at radius 1 is 1.60 bits per heavy atom. The van der Waals surface area contributed by atoms with Gasteiger partial charge >= 0.3 is 5.97 Å². The molecule has 1 aromatic carbocycles. The van der Waals surface area contributed by atoms with Crippen LogP contribution in [0.1, 0.15) is 11.7 Å². The van der Waals surface area contributed by atoms with Gasteiger partial charge in [0.25, 0.3) is 0 Å². The molecule has 1 aromatic rings. The summed E-state index contributed by atoms with van der Waals surface area (Å²) in [5.74, 6) is -0.765. The Hall–Kier alpha value is -1.10. The molecule has 15 heavy (non-hydrogen) atoms. The van der Waals surface area contributed by atoms with Crippen molar-refractivity contribution in [2.24, 2.45) is 0 Å². The smallest absolute Gasteiger partial charge is 0.341 e. The van der Waals surface area contributed by atoms with Gasteiger partial charge in [-0.3, -0.25) is 0 Å². The number of ether oxygens (including phenoxy) is 2. The molecule has 0 amide bonds. The molecule has 82 valence electrons. The quantitative estimate of drug-likeness (QED) is 0.630. The standard InChI is InChI=1S/C10H11ClO4/c1-14-6-15-10(13)9(12)7-3-2-4-8(11)5-7/h2-5,9,12H,6H2,1H3/t9-/m1/s1. The van der Waals surface area contributed by atoms with Crippen molar-refractivity contribution in [3.63, 3.8) is 0 Å². The molecule has 0 aliphatic heterocycles. The number of esters is 1. The maximum atomic E-state index is 11.2. The molecular formula is C10H11ClO4. The Morgan fingerprint density at radius 2 is 2.33 bits per heavy atom. The number of hydrogen-bond acceptors (Lipinski definition) is 4. The van der Waals surface area contributed by atoms with Crippen LogP contribution >= 0.6 is 11.6 Å². The first-order valence-corrected chi connectivity index (χ1v) is 4.62. The van der Waals surface area contributed by atoms with Gasteiger partial charge in [0.05, 0.1) is 0 Å². The van der Waals surface area contributed by atoms with Gasteiger partial charge in [0.2, 0.25) is 0 Å². The summed E-state index contributed by atoms with van der Waals surface area (Å²) in [4.78, 5) is 11.2. The number of methoxy groups -OCH3 is 1. The molecule has 1 atom stereocenters. The van der Waals surface area contributed by atoms with E-state index in [1.807, 2.05) is 0 Å². The summed E-state index contributed by atoms with van der Waals surface area (Å²) in [6.45, 7) is -0.184. The molecule has 0 aromatic heterocycles. The lowest BCUT2D eigenvalue weighted by atomic mass is 10.1. The number of carbonyl (C=O) groups is 1. The summed E-state index contributed by atoms with van der Waals surface area (Å²) in [5, 5.41) is 10.0. The number of rotatable bonds is 4. The van der Waals surface area contributed by atoms with E-state index in [1.165, 1.54) is 13.2 Å². The van der Waals surface area contributed by atoms with Crippen molar-refractivity contribution in [2.45, 2.75) is 6.10 Å². The van der Waals surface area contributed by atoms with Crippen LogP contribution in [0.3, 0.4) is 0 Å². The van der Waals surface area contributed by atoms with E-state index in [4.69, 9.17) is 11.6 Å². The summed E-state index contributed by atoms with van der Waals surface area (Å²) in [6.07, 6.45) is -1.33. The minimum absolute atomic E-state index is 0.184. The average molecular weight is 231 g/mol. The van der Waals surface area contributed by atoms with Crippen LogP contribution in [-0.2, 0) is 14.3 Å². The van der Waals surface area contributed by atoms with Gasteiger partial charge in [-0.05, 0) is 17.7 Å². The van der Waals surface area contributed by atoms with E-state index in [-0.39, 0.29) is 6.79 Å². The summed E-state index contributed by atoms with van der Waals surface area (Å²) in [6, 6.07) is 6.38. The summed E-state index contributed by atoms with van der Waals surface area (Å²) < 4.78 is 9.14. The third-order valence-electron chi connectivity index (χ3n) is 1.71. The summed E-state index contributed by atoms with van der Waals surface area (Å²) in [5.41, 5.74) is 0.392. The Balaban J connectivity index is 2.67. The number of carbonyl (C=O) groups excluding carboxylic acids is 1. The second-order valence-corrected chi connectivity index (χ2v) is 3.26. The van der Waals surface area contributed by atoms with Gasteiger partial charge < -0.3 is 14.6 Å². The van der Waals surface area contributed by atoms with Crippen LogP contribution in [0.5, 0.6) is 0 Å². The predicted molar refractivity (Wildman–Crippen MR) is 54.4 cm³/mol. The molecule has 0 heterocycles. The zero-order valence-electron chi connectivity index (χ0n) is 8.14. The molecule has 0 aliphatic rings. The van der Waals surface area contributed by atoms with Crippen molar-refractivity contribution in [2.75, 3.05) is 13.9 Å². The molecule has 0 saturated heterocycles. The lowest BCUT2D eigenvalue weighted by molar-refractivity contribution is -0.164. The number of aliphatic hydroxyl groups is 1. The summed E-state index contributed by atoms with van der Waals surface area (Å²) in [7, 11) is 1.39. The first kappa shape index (κ1) is 12.0. The maximum Gasteiger partial charge on any atom is 0.341 e. The van der Waals surface area contributed by atoms with E-state index in [1.54, 1.807) is 18.2 Å². The highest BCUT2D eigenvalue weighted by atomic mass is 35.5. The van der Waals surface area contributed by atoms with Crippen molar-refractivity contribution in [1.82, 2.24) is 0 Å². The molecule has 0 aliphatic carbocycles. The first-order valence-electron chi connectivity index (χ1n) is 4.24. The zero-order chi connectivity index (χ0) is 11.3. The Morgan fingerprint density at radius 3 is 2.93 bits per heavy atom. The fourth-order valence-electron chi connectivity index (χ4n) is 1.01. The fourth-order valence-corrected chi connectivity index (χ4v) is 1.21. The Bertz CT molecular complexity index is 340. The molecule has 0 bridgehead atoms. The summed E-state index contributed by atoms with van der Waals surface area (Å²) >= 11 is 5.71. The van der Waals surface area contributed by atoms with E-state index in [2.05, 4.69) is 9.47 Å². The van der Waals surface area contributed by atoms with Crippen molar-refractivity contribution in [1.29, 1.82) is 0 Å². The number of aliphatic hydroxyl groups excluding tert-OH is 1. The maximum absolute atomic E-state index is 11.2. The van der Waals surface area contributed by atoms with Crippen molar-refractivity contribution in [3.8, 4) is 0 Å². The van der Waals surface area contributed by atoms with Gasteiger partial charge in [0, 0.05) is 12.1 Å². The van der Waals surface area contributed by atoms with E-state index < -0.39 is 12.1 Å². The molecule has 0 radical (unpaired) electrons. The van der Waals surface area contributed by atoms with Crippen LogP contribution in [0.25, 0.3) is 0 Å². The molecular weight excluding hydrogens is 220 g/mol. The molecule has 0 unspecified atom stereocenters. The van der Waals surface area contributed by atoms with Gasteiger partial charge in [0.1, 0.15) is 0 Å². The van der Waals surface area contributed by atoms with E-state index >= 15 is 0 Å². The highest BCUT2D eigenvalue weighted by Gasteiger charge is 2.18. The number of hydrogen-bond donors (Lipinski definition) is 1. The minimum atomic E-state index is -1.33. The van der Waals surface area contributed by atoms with Gasteiger partial charge in [-0.2, -0.15) is 0 Å². The number of benzene rings is 1. The van der Waals surface area contributed by atoms with Gasteiger partial charge in [-0.15, -0.1) is 0 Å². The van der Waals surface area contributed by atoms with Crippen LogP contribution in [0.2, 0.25) is 5.02 Å². The van der Waals surface area contributed by atoms with Crippen LogP contribution in [0, 0.1) is 0 Å². The second-order valence-electron chi connectivity index (χ2n) is 2.83. The lowest BCUT2D eigenvalue weighted by Gasteiger charge is -2.10. The molecule has 5 heteroatoms.